The summed E-state index contributed by atoms with van der Waals surface area (Å²) < 4.78 is 0. The lowest BCUT2D eigenvalue weighted by molar-refractivity contribution is -0.139. The van der Waals surface area contributed by atoms with Gasteiger partial charge in [0.25, 0.3) is 5.91 Å². The van der Waals surface area contributed by atoms with Crippen molar-refractivity contribution in [3.05, 3.63) is 41.6 Å². The molecular formula is C22H24N4O8. The van der Waals surface area contributed by atoms with Gasteiger partial charge in [-0.2, -0.15) is 0 Å². The highest BCUT2D eigenvalue weighted by molar-refractivity contribution is 6.03. The number of hydrogen-bond donors (Lipinski definition) is 4. The molecule has 0 aromatic heterocycles. The molecule has 2 aliphatic heterocycles. The third kappa shape index (κ3) is 5.57. The zero-order valence-corrected chi connectivity index (χ0v) is 18.1. The normalized spacial score (nSPS) is 19.2. The van der Waals surface area contributed by atoms with E-state index in [1.54, 1.807) is 6.08 Å². The Morgan fingerprint density at radius 2 is 1.88 bits per heavy atom. The molecule has 0 spiro atoms. The molecule has 2 heterocycles. The van der Waals surface area contributed by atoms with Gasteiger partial charge in [0, 0.05) is 12.0 Å². The number of phenols is 1. The van der Waals surface area contributed by atoms with E-state index < -0.39 is 48.1 Å². The molecule has 4 N–H and O–H groups in total. The Bertz CT molecular complexity index is 1040. The lowest BCUT2D eigenvalue weighted by atomic mass is 10.1. The molecule has 4 amide bonds. The van der Waals surface area contributed by atoms with Crippen LogP contribution in [0, 0.1) is 0 Å². The SMILES string of the molecule is O=C[C@H](CC(=O)O)NC(=O)[C@@H]1CCCC=C2C(=O)CCN(NC(=O)c3ccc(O)cc3)C(=O)N21. The monoisotopic (exact) mass is 472 g/mol. The fourth-order valence-corrected chi connectivity index (χ4v) is 3.75. The van der Waals surface area contributed by atoms with E-state index in [0.29, 0.717) is 19.1 Å². The minimum atomic E-state index is -1.30. The number of carboxylic acid groups (broad SMARTS) is 1. The minimum Gasteiger partial charge on any atom is -0.508 e. The lowest BCUT2D eigenvalue weighted by Crippen LogP contribution is -2.57. The van der Waals surface area contributed by atoms with Gasteiger partial charge >= 0.3 is 12.0 Å². The maximum absolute atomic E-state index is 13.4. The van der Waals surface area contributed by atoms with E-state index in [1.807, 2.05) is 0 Å². The third-order valence-corrected chi connectivity index (χ3v) is 5.43. The third-order valence-electron chi connectivity index (χ3n) is 5.43. The second-order valence-corrected chi connectivity index (χ2v) is 7.85. The quantitative estimate of drug-likeness (QED) is 0.411. The molecule has 0 unspecified atom stereocenters. The van der Waals surface area contributed by atoms with Gasteiger partial charge in [0.2, 0.25) is 5.91 Å². The van der Waals surface area contributed by atoms with E-state index in [0.717, 1.165) is 9.91 Å². The van der Waals surface area contributed by atoms with Crippen molar-refractivity contribution in [2.24, 2.45) is 0 Å². The summed E-state index contributed by atoms with van der Waals surface area (Å²) in [5.41, 5.74) is 2.61. The number of aromatic hydroxyl groups is 1. The van der Waals surface area contributed by atoms with Crippen LogP contribution in [0.3, 0.4) is 0 Å². The van der Waals surface area contributed by atoms with Gasteiger partial charge in [-0.1, -0.05) is 6.08 Å². The van der Waals surface area contributed by atoms with Crippen molar-refractivity contribution in [2.45, 2.75) is 44.2 Å². The van der Waals surface area contributed by atoms with Crippen molar-refractivity contribution >= 4 is 35.9 Å². The molecule has 2 atom stereocenters. The number of carbonyl (C=O) groups excluding carboxylic acids is 5. The predicted molar refractivity (Wildman–Crippen MR) is 115 cm³/mol. The predicted octanol–water partition coefficient (Wildman–Crippen LogP) is 0.329. The number of carboxylic acids is 1. The Kier molecular flexibility index (Phi) is 7.61. The van der Waals surface area contributed by atoms with Crippen LogP contribution in [-0.2, 0) is 19.2 Å². The fraction of sp³-hybridized carbons (Fsp3) is 0.364. The molecule has 0 aliphatic carbocycles. The van der Waals surface area contributed by atoms with E-state index in [-0.39, 0.29) is 36.4 Å². The minimum absolute atomic E-state index is 0.0184. The Hall–Kier alpha value is -4.22. The van der Waals surface area contributed by atoms with Crippen LogP contribution in [-0.4, -0.2) is 74.6 Å². The molecular weight excluding hydrogens is 448 g/mol. The first-order chi connectivity index (χ1) is 16.2. The number of amides is 4. The van der Waals surface area contributed by atoms with Gasteiger partial charge in [-0.25, -0.2) is 9.80 Å². The van der Waals surface area contributed by atoms with Crippen LogP contribution in [0.25, 0.3) is 0 Å². The van der Waals surface area contributed by atoms with Gasteiger partial charge < -0.3 is 20.3 Å². The molecule has 1 aromatic rings. The molecule has 0 saturated carbocycles. The highest BCUT2D eigenvalue weighted by atomic mass is 16.4. The maximum atomic E-state index is 13.4. The number of hydrogen-bond acceptors (Lipinski definition) is 7. The highest BCUT2D eigenvalue weighted by Crippen LogP contribution is 2.26. The van der Waals surface area contributed by atoms with E-state index in [2.05, 4.69) is 10.7 Å². The number of hydrazine groups is 1. The first kappa shape index (κ1) is 24.4. The number of benzene rings is 1. The van der Waals surface area contributed by atoms with Crippen LogP contribution in [0.4, 0.5) is 4.79 Å². The van der Waals surface area contributed by atoms with Gasteiger partial charge in [0.15, 0.2) is 5.78 Å². The summed E-state index contributed by atoms with van der Waals surface area (Å²) >= 11 is 0. The number of ketones is 1. The molecule has 34 heavy (non-hydrogen) atoms. The van der Waals surface area contributed by atoms with Crippen LogP contribution in [0.1, 0.15) is 42.5 Å². The van der Waals surface area contributed by atoms with Crippen molar-refractivity contribution < 1.29 is 39.0 Å². The summed E-state index contributed by atoms with van der Waals surface area (Å²) in [5.74, 6) is -3.17. The standard InChI is InChI=1S/C22H24N4O8/c27-12-14(11-19(30)31)23-21(33)17-4-2-1-3-16-18(29)9-10-25(22(34)26(16)17)24-20(32)13-5-7-15(28)8-6-13/h3,5-8,12,14,17,28H,1-2,4,9-11H2,(H,23,33)(H,24,32)(H,30,31)/t14-,17-/m0/s1. The number of phenolic OH excluding ortho intramolecular Hbond substituents is 1. The number of Topliss-reactive ketones (excluding diaryl/α,β-unsaturated/α-hetero) is 1. The average molecular weight is 472 g/mol. The molecule has 12 heteroatoms. The molecule has 1 saturated heterocycles. The van der Waals surface area contributed by atoms with Crippen molar-refractivity contribution in [3.8, 4) is 5.75 Å². The molecule has 180 valence electrons. The Labute approximate surface area is 194 Å². The average Bonchev–Trinajstić information content (AvgIpc) is 3.08. The number of nitrogens with zero attached hydrogens (tertiary/aromatic N) is 2. The number of urea groups is 1. The topological polar surface area (TPSA) is 173 Å². The number of rotatable bonds is 7. The van der Waals surface area contributed by atoms with Crippen molar-refractivity contribution in [3.63, 3.8) is 0 Å². The van der Waals surface area contributed by atoms with Gasteiger partial charge in [-0.3, -0.25) is 29.5 Å². The second kappa shape index (κ2) is 10.6. The molecule has 0 radical (unpaired) electrons. The van der Waals surface area contributed by atoms with Crippen molar-refractivity contribution in [2.75, 3.05) is 6.54 Å². The van der Waals surface area contributed by atoms with Gasteiger partial charge in [0.1, 0.15) is 18.1 Å². The smallest absolute Gasteiger partial charge is 0.344 e. The number of fused-ring (bicyclic) bond motifs is 1. The van der Waals surface area contributed by atoms with Crippen LogP contribution >= 0.6 is 0 Å². The van der Waals surface area contributed by atoms with Gasteiger partial charge in [-0.15, -0.1) is 0 Å². The van der Waals surface area contributed by atoms with E-state index >= 15 is 0 Å². The number of carbonyl (C=O) groups is 6. The largest absolute Gasteiger partial charge is 0.508 e. The van der Waals surface area contributed by atoms with E-state index in [1.165, 1.54) is 24.3 Å². The molecule has 2 aliphatic rings. The fourth-order valence-electron chi connectivity index (χ4n) is 3.75. The Morgan fingerprint density at radius 1 is 1.18 bits per heavy atom. The number of aliphatic carboxylic acids is 1. The number of nitrogens with one attached hydrogen (secondary N) is 2. The molecule has 1 aromatic carbocycles. The molecule has 3 rings (SSSR count). The summed E-state index contributed by atoms with van der Waals surface area (Å²) in [5, 5.41) is 21.6. The lowest BCUT2D eigenvalue weighted by Gasteiger charge is -2.33. The van der Waals surface area contributed by atoms with E-state index in [9.17, 15) is 33.9 Å². The van der Waals surface area contributed by atoms with E-state index in [4.69, 9.17) is 5.11 Å². The maximum Gasteiger partial charge on any atom is 0.344 e. The number of allylic oxidation sites excluding steroid dienone is 2. The van der Waals surface area contributed by atoms with Gasteiger partial charge in [0.05, 0.1) is 24.7 Å². The molecule has 12 nitrogen and oxygen atoms in total. The highest BCUT2D eigenvalue weighted by Gasteiger charge is 2.41. The Morgan fingerprint density at radius 3 is 2.53 bits per heavy atom. The molecule has 1 fully saturated rings. The van der Waals surface area contributed by atoms with Crippen molar-refractivity contribution in [1.82, 2.24) is 20.7 Å². The van der Waals surface area contributed by atoms with Gasteiger partial charge in [-0.05, 0) is 43.5 Å². The van der Waals surface area contributed by atoms with Crippen molar-refractivity contribution in [1.29, 1.82) is 0 Å². The zero-order valence-electron chi connectivity index (χ0n) is 18.1. The van der Waals surface area contributed by atoms with Crippen LogP contribution in [0.5, 0.6) is 5.75 Å². The van der Waals surface area contributed by atoms with Crippen LogP contribution < -0.4 is 10.7 Å². The van der Waals surface area contributed by atoms with Crippen LogP contribution in [0.15, 0.2) is 36.0 Å². The Balaban J connectivity index is 1.86. The summed E-state index contributed by atoms with van der Waals surface area (Å²) in [4.78, 5) is 74.9. The first-order valence-corrected chi connectivity index (χ1v) is 10.6. The summed E-state index contributed by atoms with van der Waals surface area (Å²) in [6.07, 6.45) is 2.17. The summed E-state index contributed by atoms with van der Waals surface area (Å²) in [6, 6.07) is 2.02. The number of aldehydes is 1. The summed E-state index contributed by atoms with van der Waals surface area (Å²) in [6.45, 7) is -0.139. The molecule has 0 bridgehead atoms. The zero-order chi connectivity index (χ0) is 24.8. The summed E-state index contributed by atoms with van der Waals surface area (Å²) in [7, 11) is 0. The first-order valence-electron chi connectivity index (χ1n) is 10.6. The second-order valence-electron chi connectivity index (χ2n) is 7.85. The van der Waals surface area contributed by atoms with Crippen LogP contribution in [0.2, 0.25) is 0 Å².